The van der Waals surface area contributed by atoms with E-state index in [-0.39, 0.29) is 30.1 Å². The van der Waals surface area contributed by atoms with Crippen LogP contribution in [0.2, 0.25) is 0 Å². The molecular weight excluding hydrogens is 223 g/mol. The fourth-order valence-corrected chi connectivity index (χ4v) is 1.34. The molecule has 0 bridgehead atoms. The Labute approximate surface area is 89.1 Å². The van der Waals surface area contributed by atoms with Crippen LogP contribution in [-0.4, -0.2) is 29.8 Å². The summed E-state index contributed by atoms with van der Waals surface area (Å²) in [6, 6.07) is -0.595. The molecule has 0 aliphatic rings. The predicted molar refractivity (Wildman–Crippen MR) is 59.1 cm³/mol. The van der Waals surface area contributed by atoms with Crippen LogP contribution in [0.25, 0.3) is 10.4 Å². The highest BCUT2D eigenvalue weighted by Crippen LogP contribution is 1.97. The van der Waals surface area contributed by atoms with E-state index in [4.69, 9.17) is 5.53 Å². The van der Waals surface area contributed by atoms with Crippen LogP contribution in [0.3, 0.4) is 0 Å². The van der Waals surface area contributed by atoms with Gasteiger partial charge in [0.15, 0.2) is 5.52 Å². The van der Waals surface area contributed by atoms with Crippen LogP contribution >= 0.6 is 21.9 Å². The molecule has 2 atom stereocenters. The average molecular weight is 234 g/mol. The van der Waals surface area contributed by atoms with Crippen molar-refractivity contribution in [1.29, 1.82) is 0 Å². The standard InChI is InChI=1S/C6H11N4O2PS/c7-10-8-2-1-5(11)9-4(3-14)6(12)13/h4,14H,1-3,13H2,(H,9,11). The Morgan fingerprint density at radius 2 is 2.29 bits per heavy atom. The molecule has 0 fully saturated rings. The number of nitrogens with zero attached hydrogens (tertiary/aromatic N) is 3. The molecule has 0 saturated heterocycles. The van der Waals surface area contributed by atoms with Crippen molar-refractivity contribution in [3.63, 3.8) is 0 Å². The van der Waals surface area contributed by atoms with Gasteiger partial charge in [-0.15, -0.1) is 0 Å². The highest BCUT2D eigenvalue weighted by atomic mass is 32.1. The van der Waals surface area contributed by atoms with Crippen molar-refractivity contribution in [3.05, 3.63) is 10.4 Å². The van der Waals surface area contributed by atoms with Crippen LogP contribution in [-0.2, 0) is 9.59 Å². The van der Waals surface area contributed by atoms with E-state index in [9.17, 15) is 9.59 Å². The van der Waals surface area contributed by atoms with Crippen molar-refractivity contribution in [2.75, 3.05) is 12.3 Å². The van der Waals surface area contributed by atoms with E-state index >= 15 is 0 Å². The number of azide groups is 1. The van der Waals surface area contributed by atoms with Crippen LogP contribution in [0, 0.1) is 0 Å². The van der Waals surface area contributed by atoms with Gasteiger partial charge in [-0.05, 0) is 5.53 Å². The molecule has 0 heterocycles. The van der Waals surface area contributed by atoms with Gasteiger partial charge in [-0.25, -0.2) is 0 Å². The molecule has 1 N–H and O–H groups in total. The minimum absolute atomic E-state index is 0.0757. The largest absolute Gasteiger partial charge is 0.345 e. The first-order valence-corrected chi connectivity index (χ1v) is 5.03. The molecule has 0 aliphatic heterocycles. The summed E-state index contributed by atoms with van der Waals surface area (Å²) in [6.07, 6.45) is 0.0757. The van der Waals surface area contributed by atoms with Crippen molar-refractivity contribution in [3.8, 4) is 0 Å². The lowest BCUT2D eigenvalue weighted by Gasteiger charge is -2.12. The molecule has 14 heavy (non-hydrogen) atoms. The maximum absolute atomic E-state index is 11.1. The Morgan fingerprint density at radius 3 is 2.71 bits per heavy atom. The normalized spacial score (nSPS) is 11.3. The van der Waals surface area contributed by atoms with E-state index in [1.54, 1.807) is 0 Å². The van der Waals surface area contributed by atoms with Gasteiger partial charge < -0.3 is 5.32 Å². The minimum atomic E-state index is -0.595. The summed E-state index contributed by atoms with van der Waals surface area (Å²) in [4.78, 5) is 24.5. The minimum Gasteiger partial charge on any atom is -0.345 e. The second-order valence-corrected chi connectivity index (χ2v) is 3.34. The van der Waals surface area contributed by atoms with E-state index in [2.05, 4.69) is 28.0 Å². The lowest BCUT2D eigenvalue weighted by molar-refractivity contribution is -0.124. The highest BCUT2D eigenvalue weighted by Gasteiger charge is 2.14. The predicted octanol–water partition coefficient (Wildman–Crippen LogP) is 0.503. The first kappa shape index (κ1) is 13.2. The molecule has 8 heteroatoms. The lowest BCUT2D eigenvalue weighted by Crippen LogP contribution is -2.40. The summed E-state index contributed by atoms with van der Waals surface area (Å²) < 4.78 is 0. The quantitative estimate of drug-likeness (QED) is 0.230. The summed E-state index contributed by atoms with van der Waals surface area (Å²) >= 11 is 3.91. The second kappa shape index (κ2) is 7.62. The highest BCUT2D eigenvalue weighted by molar-refractivity contribution is 7.80. The molecular formula is C6H11N4O2PS. The molecule has 78 valence electrons. The monoisotopic (exact) mass is 234 g/mol. The van der Waals surface area contributed by atoms with Crippen molar-refractivity contribution >= 4 is 33.3 Å². The number of hydrogen-bond donors (Lipinski definition) is 2. The first-order chi connectivity index (χ1) is 6.61. The maximum Gasteiger partial charge on any atom is 0.220 e. The van der Waals surface area contributed by atoms with Crippen molar-refractivity contribution in [2.24, 2.45) is 5.11 Å². The topological polar surface area (TPSA) is 94.9 Å². The van der Waals surface area contributed by atoms with Crippen molar-refractivity contribution < 1.29 is 9.59 Å². The van der Waals surface area contributed by atoms with Crippen LogP contribution in [0.5, 0.6) is 0 Å². The zero-order valence-electron chi connectivity index (χ0n) is 7.38. The third-order valence-corrected chi connectivity index (χ3v) is 2.13. The Bertz CT molecular complexity index is 267. The molecule has 0 aromatic carbocycles. The molecule has 0 spiro atoms. The van der Waals surface area contributed by atoms with Crippen LogP contribution < -0.4 is 5.32 Å². The third-order valence-electron chi connectivity index (χ3n) is 1.36. The van der Waals surface area contributed by atoms with Crippen molar-refractivity contribution in [1.82, 2.24) is 5.32 Å². The van der Waals surface area contributed by atoms with Crippen molar-refractivity contribution in [2.45, 2.75) is 12.5 Å². The van der Waals surface area contributed by atoms with Gasteiger partial charge in [-0.1, -0.05) is 14.4 Å². The second-order valence-electron chi connectivity index (χ2n) is 2.41. The number of thiol groups is 1. The Hall–Kier alpha value is -0.770. The van der Waals surface area contributed by atoms with E-state index in [1.807, 2.05) is 9.24 Å². The van der Waals surface area contributed by atoms with E-state index < -0.39 is 6.04 Å². The van der Waals surface area contributed by atoms with E-state index in [0.717, 1.165) is 0 Å². The van der Waals surface area contributed by atoms with Crippen LogP contribution in [0.1, 0.15) is 6.42 Å². The molecule has 0 saturated carbocycles. The number of carbonyl (C=O) groups excluding carboxylic acids is 2. The number of rotatable bonds is 6. The fourth-order valence-electron chi connectivity index (χ4n) is 0.670. The Kier molecular flexibility index (Phi) is 7.20. The molecule has 0 rings (SSSR count). The zero-order valence-corrected chi connectivity index (χ0v) is 9.43. The maximum atomic E-state index is 11.1. The number of carbonyl (C=O) groups is 2. The summed E-state index contributed by atoms with van der Waals surface area (Å²) in [6.45, 7) is 0.0900. The van der Waals surface area contributed by atoms with E-state index in [1.165, 1.54) is 0 Å². The first-order valence-electron chi connectivity index (χ1n) is 3.82. The fraction of sp³-hybridized carbons (Fsp3) is 0.667. The SMILES string of the molecule is [N-]=[N+]=NCCC(=O)NC(CS)C(=O)P. The number of amides is 1. The summed E-state index contributed by atoms with van der Waals surface area (Å²) in [5.41, 5.74) is 7.73. The molecule has 0 aromatic heterocycles. The lowest BCUT2D eigenvalue weighted by atomic mass is 10.3. The molecule has 0 radical (unpaired) electrons. The van der Waals surface area contributed by atoms with Gasteiger partial charge in [0.1, 0.15) is 0 Å². The molecule has 2 unspecified atom stereocenters. The third kappa shape index (κ3) is 5.80. The molecule has 0 aliphatic carbocycles. The number of hydrogen-bond acceptors (Lipinski definition) is 4. The van der Waals surface area contributed by atoms with E-state index in [0.29, 0.717) is 0 Å². The van der Waals surface area contributed by atoms with Crippen LogP contribution in [0.4, 0.5) is 0 Å². The van der Waals surface area contributed by atoms with Crippen LogP contribution in [0.15, 0.2) is 5.11 Å². The smallest absolute Gasteiger partial charge is 0.220 e. The van der Waals surface area contributed by atoms with Gasteiger partial charge in [0.05, 0.1) is 6.04 Å². The summed E-state index contributed by atoms with van der Waals surface area (Å²) in [5.74, 6) is -0.0810. The molecule has 1 amide bonds. The number of nitrogens with one attached hydrogen (secondary N) is 1. The van der Waals surface area contributed by atoms with Gasteiger partial charge in [0.2, 0.25) is 5.91 Å². The zero-order chi connectivity index (χ0) is 11.0. The van der Waals surface area contributed by atoms with Gasteiger partial charge >= 0.3 is 0 Å². The van der Waals surface area contributed by atoms with Gasteiger partial charge in [0.25, 0.3) is 0 Å². The summed E-state index contributed by atoms with van der Waals surface area (Å²) in [7, 11) is 1.98. The van der Waals surface area contributed by atoms with Gasteiger partial charge in [-0.2, -0.15) is 12.6 Å². The van der Waals surface area contributed by atoms with Gasteiger partial charge in [0, 0.05) is 23.6 Å². The molecule has 6 nitrogen and oxygen atoms in total. The van der Waals surface area contributed by atoms with Gasteiger partial charge in [-0.3, -0.25) is 9.59 Å². The Morgan fingerprint density at radius 1 is 1.64 bits per heavy atom. The summed E-state index contributed by atoms with van der Waals surface area (Å²) in [5, 5.41) is 5.66. The Balaban J connectivity index is 3.90. The molecule has 0 aromatic rings. The average Bonchev–Trinajstić information content (AvgIpc) is 2.14.